The summed E-state index contributed by atoms with van der Waals surface area (Å²) in [5.74, 6) is -2.00. The van der Waals surface area contributed by atoms with E-state index in [0.29, 0.717) is 37.8 Å². The Hall–Kier alpha value is -2.61. The highest BCUT2D eigenvalue weighted by molar-refractivity contribution is 6.31. The zero-order valence-electron chi connectivity index (χ0n) is 16.7. The van der Waals surface area contributed by atoms with Gasteiger partial charge in [0.2, 0.25) is 0 Å². The van der Waals surface area contributed by atoms with Gasteiger partial charge in [-0.25, -0.2) is 4.39 Å². The van der Waals surface area contributed by atoms with Gasteiger partial charge in [-0.1, -0.05) is 17.7 Å². The average molecular weight is 456 g/mol. The lowest BCUT2D eigenvalue weighted by atomic mass is 9.81. The van der Waals surface area contributed by atoms with Crippen LogP contribution in [0.1, 0.15) is 43.7 Å². The van der Waals surface area contributed by atoms with Crippen molar-refractivity contribution in [3.8, 4) is 16.9 Å². The maximum atomic E-state index is 14.6. The van der Waals surface area contributed by atoms with Crippen LogP contribution in [0.25, 0.3) is 11.1 Å². The van der Waals surface area contributed by atoms with Gasteiger partial charge in [0.25, 0.3) is 0 Å². The number of Topliss-reactive ketones (excluding diaryl/α,β-unsaturated/α-hetero) is 1. The van der Waals surface area contributed by atoms with Crippen molar-refractivity contribution in [3.05, 3.63) is 47.0 Å². The van der Waals surface area contributed by atoms with Crippen LogP contribution in [0.4, 0.5) is 13.2 Å². The molecule has 2 aromatic rings. The van der Waals surface area contributed by atoms with Gasteiger partial charge in [0.15, 0.2) is 5.82 Å². The molecule has 1 aromatic carbocycles. The molecule has 3 rings (SSSR count). The van der Waals surface area contributed by atoms with Crippen LogP contribution in [0.15, 0.2) is 30.5 Å². The van der Waals surface area contributed by atoms with Crippen LogP contribution in [0.2, 0.25) is 5.02 Å². The fourth-order valence-corrected chi connectivity index (χ4v) is 3.96. The first-order chi connectivity index (χ1) is 14.8. The molecule has 1 aromatic heterocycles. The fourth-order valence-electron chi connectivity index (χ4n) is 3.80. The molecule has 1 heterocycles. The molecule has 31 heavy (non-hydrogen) atoms. The summed E-state index contributed by atoms with van der Waals surface area (Å²) in [7, 11) is 1.28. The number of halogens is 4. The topological polar surface area (TPSA) is 65.5 Å². The molecule has 1 atom stereocenters. The van der Waals surface area contributed by atoms with Crippen LogP contribution in [-0.2, 0) is 14.3 Å². The molecule has 0 bridgehead atoms. The summed E-state index contributed by atoms with van der Waals surface area (Å²) in [6.45, 7) is -3.14. The number of hydrogen-bond acceptors (Lipinski definition) is 5. The van der Waals surface area contributed by atoms with E-state index in [0.717, 1.165) is 12.1 Å². The van der Waals surface area contributed by atoms with E-state index in [1.807, 2.05) is 0 Å². The molecule has 166 valence electrons. The minimum Gasteiger partial charge on any atom is -0.469 e. The van der Waals surface area contributed by atoms with E-state index in [9.17, 15) is 22.8 Å². The van der Waals surface area contributed by atoms with Gasteiger partial charge in [-0.05, 0) is 43.4 Å². The molecule has 1 aliphatic rings. The number of esters is 1. The quantitative estimate of drug-likeness (QED) is 0.512. The van der Waals surface area contributed by atoms with Crippen molar-refractivity contribution in [2.45, 2.75) is 44.6 Å². The second-order valence-electron chi connectivity index (χ2n) is 7.38. The van der Waals surface area contributed by atoms with Crippen LogP contribution in [0.5, 0.6) is 5.75 Å². The number of nitrogens with zero attached hydrogens (tertiary/aromatic N) is 1. The summed E-state index contributed by atoms with van der Waals surface area (Å²) in [5, 5.41) is -0.250. The number of methoxy groups -OCH3 is 1. The first-order valence-electron chi connectivity index (χ1n) is 9.78. The average Bonchev–Trinajstić information content (AvgIpc) is 2.75. The molecular weight excluding hydrogens is 435 g/mol. The molecule has 1 saturated carbocycles. The predicted octanol–water partition coefficient (Wildman–Crippen LogP) is 5.55. The second kappa shape index (κ2) is 10.1. The number of ketones is 1. The third-order valence-electron chi connectivity index (χ3n) is 5.42. The lowest BCUT2D eigenvalue weighted by Crippen LogP contribution is -2.22. The fraction of sp³-hybridized carbons (Fsp3) is 0.409. The van der Waals surface area contributed by atoms with Crippen molar-refractivity contribution >= 4 is 23.4 Å². The molecule has 0 N–H and O–H groups in total. The van der Waals surface area contributed by atoms with Crippen molar-refractivity contribution < 1.29 is 32.2 Å². The van der Waals surface area contributed by atoms with Gasteiger partial charge in [0.05, 0.1) is 29.3 Å². The number of hydrogen-bond donors (Lipinski definition) is 0. The summed E-state index contributed by atoms with van der Waals surface area (Å²) in [4.78, 5) is 28.1. The molecule has 0 spiro atoms. The Labute approximate surface area is 182 Å². The van der Waals surface area contributed by atoms with E-state index in [1.54, 1.807) is 0 Å². The Morgan fingerprint density at radius 3 is 2.52 bits per heavy atom. The number of pyridine rings is 1. The van der Waals surface area contributed by atoms with Crippen LogP contribution in [-0.4, -0.2) is 30.5 Å². The zero-order valence-corrected chi connectivity index (χ0v) is 17.5. The number of ether oxygens (including phenoxy) is 2. The number of benzene rings is 1. The summed E-state index contributed by atoms with van der Waals surface area (Å²) >= 11 is 5.81. The molecule has 1 aliphatic carbocycles. The van der Waals surface area contributed by atoms with E-state index >= 15 is 0 Å². The molecule has 0 aliphatic heterocycles. The van der Waals surface area contributed by atoms with E-state index in [-0.39, 0.29) is 33.6 Å². The standard InChI is InChI=1S/C22H21ClF3NO4/c1-30-21(29)15(10-12-2-5-14(28)6-3-12)17-8-4-13(11-27-17)19-18(31-22(25)26)9-7-16(23)20(19)24/h4,7-9,11-12,15,22H,2-3,5-6,10H2,1H3. The Balaban J connectivity index is 1.89. The maximum Gasteiger partial charge on any atom is 0.387 e. The molecule has 0 radical (unpaired) electrons. The normalized spacial score (nSPS) is 15.7. The van der Waals surface area contributed by atoms with Gasteiger partial charge in [-0.2, -0.15) is 8.78 Å². The van der Waals surface area contributed by atoms with Gasteiger partial charge >= 0.3 is 12.6 Å². The number of carbonyl (C=O) groups excluding carboxylic acids is 2. The van der Waals surface area contributed by atoms with E-state index in [1.165, 1.54) is 25.4 Å². The monoisotopic (exact) mass is 455 g/mol. The first kappa shape index (κ1) is 23.1. The van der Waals surface area contributed by atoms with Crippen molar-refractivity contribution in [3.63, 3.8) is 0 Å². The highest BCUT2D eigenvalue weighted by Crippen LogP contribution is 2.38. The van der Waals surface area contributed by atoms with E-state index in [2.05, 4.69) is 9.72 Å². The summed E-state index contributed by atoms with van der Waals surface area (Å²) in [6.07, 6.45) is 4.14. The minimum absolute atomic E-state index is 0.172. The zero-order chi connectivity index (χ0) is 22.5. The molecule has 0 amide bonds. The smallest absolute Gasteiger partial charge is 0.387 e. The SMILES string of the molecule is COC(=O)C(CC1CCC(=O)CC1)c1ccc(-c2c(OC(F)F)ccc(Cl)c2F)cn1. The highest BCUT2D eigenvalue weighted by Gasteiger charge is 2.29. The van der Waals surface area contributed by atoms with Gasteiger partial charge in [-0.15, -0.1) is 0 Å². The van der Waals surface area contributed by atoms with Crippen molar-refractivity contribution in [1.82, 2.24) is 4.98 Å². The third-order valence-corrected chi connectivity index (χ3v) is 5.71. The Morgan fingerprint density at radius 1 is 1.23 bits per heavy atom. The predicted molar refractivity (Wildman–Crippen MR) is 108 cm³/mol. The highest BCUT2D eigenvalue weighted by atomic mass is 35.5. The maximum absolute atomic E-state index is 14.6. The molecule has 1 fully saturated rings. The van der Waals surface area contributed by atoms with Crippen LogP contribution >= 0.6 is 11.6 Å². The molecule has 9 heteroatoms. The van der Waals surface area contributed by atoms with Crippen LogP contribution in [0.3, 0.4) is 0 Å². The van der Waals surface area contributed by atoms with Crippen molar-refractivity contribution in [2.75, 3.05) is 7.11 Å². The number of alkyl halides is 2. The van der Waals surface area contributed by atoms with Gasteiger partial charge < -0.3 is 9.47 Å². The number of aromatic nitrogens is 1. The Bertz CT molecular complexity index is 943. The third kappa shape index (κ3) is 5.55. The Morgan fingerprint density at radius 2 is 1.94 bits per heavy atom. The number of carbonyl (C=O) groups is 2. The first-order valence-corrected chi connectivity index (χ1v) is 10.2. The summed E-state index contributed by atoms with van der Waals surface area (Å²) < 4.78 is 49.4. The van der Waals surface area contributed by atoms with Gasteiger partial charge in [-0.3, -0.25) is 14.6 Å². The van der Waals surface area contributed by atoms with Crippen LogP contribution in [0, 0.1) is 11.7 Å². The molecular formula is C22H21ClF3NO4. The van der Waals surface area contributed by atoms with Crippen molar-refractivity contribution in [2.24, 2.45) is 5.92 Å². The van der Waals surface area contributed by atoms with Gasteiger partial charge in [0.1, 0.15) is 11.5 Å². The van der Waals surface area contributed by atoms with E-state index in [4.69, 9.17) is 16.3 Å². The van der Waals surface area contributed by atoms with E-state index < -0.39 is 24.3 Å². The summed E-state index contributed by atoms with van der Waals surface area (Å²) in [6, 6.07) is 5.28. The largest absolute Gasteiger partial charge is 0.469 e. The molecule has 5 nitrogen and oxygen atoms in total. The molecule has 0 saturated heterocycles. The van der Waals surface area contributed by atoms with Crippen LogP contribution < -0.4 is 4.74 Å². The second-order valence-corrected chi connectivity index (χ2v) is 7.79. The van der Waals surface area contributed by atoms with Crippen molar-refractivity contribution in [1.29, 1.82) is 0 Å². The molecule has 1 unspecified atom stereocenters. The minimum atomic E-state index is -3.14. The lowest BCUT2D eigenvalue weighted by molar-refractivity contribution is -0.143. The Kier molecular flexibility index (Phi) is 7.54. The summed E-state index contributed by atoms with van der Waals surface area (Å²) in [5.41, 5.74) is 0.338. The number of rotatable bonds is 7. The van der Waals surface area contributed by atoms with Gasteiger partial charge in [0, 0.05) is 24.6 Å². The lowest BCUT2D eigenvalue weighted by Gasteiger charge is -2.24.